The van der Waals surface area contributed by atoms with E-state index >= 15 is 0 Å². The van der Waals surface area contributed by atoms with E-state index in [0.29, 0.717) is 31.9 Å². The number of halogens is 1. The molecule has 1 aromatic carbocycles. The van der Waals surface area contributed by atoms with Gasteiger partial charge in [0, 0.05) is 36.0 Å². The van der Waals surface area contributed by atoms with Gasteiger partial charge in [0.2, 0.25) is 5.91 Å². The molecule has 1 heterocycles. The second-order valence-corrected chi connectivity index (χ2v) is 5.34. The molecule has 4 nitrogen and oxygen atoms in total. The highest BCUT2D eigenvalue weighted by Crippen LogP contribution is 2.13. The number of hydrogen-bond acceptors (Lipinski definition) is 3. The molecule has 0 bridgehead atoms. The van der Waals surface area contributed by atoms with Crippen LogP contribution in [0.4, 0.5) is 0 Å². The van der Waals surface area contributed by atoms with Crippen molar-refractivity contribution in [3.05, 3.63) is 34.3 Å². The lowest BCUT2D eigenvalue weighted by Crippen LogP contribution is -2.40. The first-order chi connectivity index (χ1) is 9.16. The Morgan fingerprint density at radius 3 is 2.37 bits per heavy atom. The van der Waals surface area contributed by atoms with Gasteiger partial charge in [-0.1, -0.05) is 28.1 Å². The molecule has 2 rings (SSSR count). The molecular formula is C14H16BrNO3. The Kier molecular flexibility index (Phi) is 5.10. The molecule has 0 aromatic heterocycles. The SMILES string of the molecule is O=C(CCC(=O)N1CCOCC1)c1ccc(Br)cc1. The number of morpholine rings is 1. The number of hydrogen-bond donors (Lipinski definition) is 0. The van der Waals surface area contributed by atoms with Crippen molar-refractivity contribution in [1.29, 1.82) is 0 Å². The summed E-state index contributed by atoms with van der Waals surface area (Å²) in [6.07, 6.45) is 0.534. The second-order valence-electron chi connectivity index (χ2n) is 4.42. The number of benzene rings is 1. The van der Waals surface area contributed by atoms with Gasteiger partial charge in [-0.3, -0.25) is 9.59 Å². The highest BCUT2D eigenvalue weighted by atomic mass is 79.9. The number of amides is 1. The van der Waals surface area contributed by atoms with E-state index in [0.717, 1.165) is 4.47 Å². The first kappa shape index (κ1) is 14.2. The summed E-state index contributed by atoms with van der Waals surface area (Å²) < 4.78 is 6.13. The molecule has 0 unspecified atom stereocenters. The topological polar surface area (TPSA) is 46.6 Å². The van der Waals surface area contributed by atoms with Crippen LogP contribution >= 0.6 is 15.9 Å². The van der Waals surface area contributed by atoms with Gasteiger partial charge in [-0.15, -0.1) is 0 Å². The van der Waals surface area contributed by atoms with Gasteiger partial charge in [0.25, 0.3) is 0 Å². The minimum absolute atomic E-state index is 0.00843. The molecule has 0 aliphatic carbocycles. The van der Waals surface area contributed by atoms with Crippen LogP contribution in [0.5, 0.6) is 0 Å². The zero-order chi connectivity index (χ0) is 13.7. The third kappa shape index (κ3) is 4.14. The first-order valence-electron chi connectivity index (χ1n) is 6.31. The van der Waals surface area contributed by atoms with Crippen molar-refractivity contribution >= 4 is 27.6 Å². The van der Waals surface area contributed by atoms with Crippen LogP contribution in [0.15, 0.2) is 28.7 Å². The van der Waals surface area contributed by atoms with Crippen molar-refractivity contribution in [2.45, 2.75) is 12.8 Å². The van der Waals surface area contributed by atoms with Crippen LogP contribution in [-0.2, 0) is 9.53 Å². The molecular weight excluding hydrogens is 310 g/mol. The Morgan fingerprint density at radius 1 is 1.11 bits per heavy atom. The lowest BCUT2D eigenvalue weighted by atomic mass is 10.1. The van der Waals surface area contributed by atoms with Gasteiger partial charge in [-0.25, -0.2) is 0 Å². The average molecular weight is 326 g/mol. The Balaban J connectivity index is 1.82. The van der Waals surface area contributed by atoms with Crippen LogP contribution in [0.3, 0.4) is 0 Å². The summed E-state index contributed by atoms with van der Waals surface area (Å²) in [7, 11) is 0. The summed E-state index contributed by atoms with van der Waals surface area (Å²) in [5.41, 5.74) is 0.651. The summed E-state index contributed by atoms with van der Waals surface area (Å²) in [6, 6.07) is 7.20. The van der Waals surface area contributed by atoms with Gasteiger partial charge in [0.05, 0.1) is 13.2 Å². The molecule has 5 heteroatoms. The van der Waals surface area contributed by atoms with Crippen molar-refractivity contribution < 1.29 is 14.3 Å². The van der Waals surface area contributed by atoms with E-state index < -0.39 is 0 Å². The standard InChI is InChI=1S/C14H16BrNO3/c15-12-3-1-11(2-4-12)13(17)5-6-14(18)16-7-9-19-10-8-16/h1-4H,5-10H2. The van der Waals surface area contributed by atoms with E-state index in [2.05, 4.69) is 15.9 Å². The van der Waals surface area contributed by atoms with E-state index in [1.54, 1.807) is 17.0 Å². The number of nitrogens with zero attached hydrogens (tertiary/aromatic N) is 1. The maximum absolute atomic E-state index is 11.9. The van der Waals surface area contributed by atoms with Crippen LogP contribution in [0.1, 0.15) is 23.2 Å². The van der Waals surface area contributed by atoms with Gasteiger partial charge in [-0.05, 0) is 12.1 Å². The van der Waals surface area contributed by atoms with Crippen molar-refractivity contribution in [1.82, 2.24) is 4.90 Å². The normalized spacial score (nSPS) is 15.3. The summed E-state index contributed by atoms with van der Waals surface area (Å²) >= 11 is 3.32. The lowest BCUT2D eigenvalue weighted by Gasteiger charge is -2.26. The third-order valence-corrected chi connectivity index (χ3v) is 3.62. The zero-order valence-electron chi connectivity index (χ0n) is 10.6. The van der Waals surface area contributed by atoms with E-state index in [9.17, 15) is 9.59 Å². The van der Waals surface area contributed by atoms with Crippen LogP contribution in [0.25, 0.3) is 0 Å². The quantitative estimate of drug-likeness (QED) is 0.798. The Morgan fingerprint density at radius 2 is 1.74 bits per heavy atom. The molecule has 1 aliphatic heterocycles. The highest BCUT2D eigenvalue weighted by molar-refractivity contribution is 9.10. The Labute approximate surface area is 120 Å². The predicted molar refractivity (Wildman–Crippen MR) is 75.1 cm³/mol. The zero-order valence-corrected chi connectivity index (χ0v) is 12.2. The molecule has 1 aliphatic rings. The van der Waals surface area contributed by atoms with E-state index in [-0.39, 0.29) is 24.5 Å². The molecule has 1 fully saturated rings. The summed E-state index contributed by atoms with van der Waals surface area (Å²) in [4.78, 5) is 25.6. The number of rotatable bonds is 4. The predicted octanol–water partition coefficient (Wildman–Crippen LogP) is 2.27. The van der Waals surface area contributed by atoms with Crippen molar-refractivity contribution in [2.75, 3.05) is 26.3 Å². The number of ketones is 1. The molecule has 102 valence electrons. The van der Waals surface area contributed by atoms with E-state index in [1.165, 1.54) is 0 Å². The summed E-state index contributed by atoms with van der Waals surface area (Å²) in [5.74, 6) is 0.0443. The Bertz CT molecular complexity index is 452. The fourth-order valence-electron chi connectivity index (χ4n) is 1.97. The molecule has 1 amide bonds. The van der Waals surface area contributed by atoms with Gasteiger partial charge in [0.1, 0.15) is 0 Å². The molecule has 0 saturated carbocycles. The minimum Gasteiger partial charge on any atom is -0.378 e. The monoisotopic (exact) mass is 325 g/mol. The molecule has 0 spiro atoms. The third-order valence-electron chi connectivity index (χ3n) is 3.10. The largest absolute Gasteiger partial charge is 0.378 e. The van der Waals surface area contributed by atoms with Crippen LogP contribution in [0, 0.1) is 0 Å². The highest BCUT2D eigenvalue weighted by Gasteiger charge is 2.17. The van der Waals surface area contributed by atoms with E-state index in [1.807, 2.05) is 12.1 Å². The fraction of sp³-hybridized carbons (Fsp3) is 0.429. The van der Waals surface area contributed by atoms with Crippen LogP contribution in [0.2, 0.25) is 0 Å². The van der Waals surface area contributed by atoms with Gasteiger partial charge in [-0.2, -0.15) is 0 Å². The molecule has 0 radical (unpaired) electrons. The van der Waals surface area contributed by atoms with Crippen molar-refractivity contribution in [3.8, 4) is 0 Å². The number of carbonyl (C=O) groups excluding carboxylic acids is 2. The smallest absolute Gasteiger partial charge is 0.223 e. The Hall–Kier alpha value is -1.20. The molecule has 0 N–H and O–H groups in total. The second kappa shape index (κ2) is 6.82. The maximum atomic E-state index is 11.9. The number of ether oxygens (including phenoxy) is 1. The fourth-order valence-corrected chi connectivity index (χ4v) is 2.24. The molecule has 1 aromatic rings. The van der Waals surface area contributed by atoms with Gasteiger partial charge >= 0.3 is 0 Å². The summed E-state index contributed by atoms with van der Waals surface area (Å²) in [6.45, 7) is 2.44. The maximum Gasteiger partial charge on any atom is 0.223 e. The van der Waals surface area contributed by atoms with Crippen LogP contribution in [-0.4, -0.2) is 42.9 Å². The molecule has 0 atom stereocenters. The van der Waals surface area contributed by atoms with Gasteiger partial charge in [0.15, 0.2) is 5.78 Å². The van der Waals surface area contributed by atoms with Crippen molar-refractivity contribution in [2.24, 2.45) is 0 Å². The molecule has 1 saturated heterocycles. The summed E-state index contributed by atoms with van der Waals surface area (Å²) in [5, 5.41) is 0. The first-order valence-corrected chi connectivity index (χ1v) is 7.10. The number of Topliss-reactive ketones (excluding diaryl/α,β-unsaturated/α-hetero) is 1. The van der Waals surface area contributed by atoms with Gasteiger partial charge < -0.3 is 9.64 Å². The number of carbonyl (C=O) groups is 2. The van der Waals surface area contributed by atoms with Crippen molar-refractivity contribution in [3.63, 3.8) is 0 Å². The minimum atomic E-state index is 0.00843. The van der Waals surface area contributed by atoms with Crippen LogP contribution < -0.4 is 0 Å². The average Bonchev–Trinajstić information content (AvgIpc) is 2.46. The molecule has 19 heavy (non-hydrogen) atoms. The van der Waals surface area contributed by atoms with E-state index in [4.69, 9.17) is 4.74 Å². The lowest BCUT2D eigenvalue weighted by molar-refractivity contribution is -0.135.